The molecular weight excluding hydrogens is 224 g/mol. The highest BCUT2D eigenvalue weighted by molar-refractivity contribution is 4.90. The van der Waals surface area contributed by atoms with Gasteiger partial charge in [-0.3, -0.25) is 4.90 Å². The first-order valence-corrected chi connectivity index (χ1v) is 7.86. The van der Waals surface area contributed by atoms with Gasteiger partial charge >= 0.3 is 0 Å². The summed E-state index contributed by atoms with van der Waals surface area (Å²) in [5, 5.41) is 3.78. The van der Waals surface area contributed by atoms with Gasteiger partial charge in [0.05, 0.1) is 6.61 Å². The van der Waals surface area contributed by atoms with E-state index in [1.165, 1.54) is 45.2 Å². The molecular formula is C15H30N2O. The molecule has 3 heteroatoms. The molecule has 0 aromatic rings. The Balaban J connectivity index is 1.94. The topological polar surface area (TPSA) is 24.5 Å². The van der Waals surface area contributed by atoms with Crippen molar-refractivity contribution in [2.24, 2.45) is 5.92 Å². The molecule has 0 spiro atoms. The monoisotopic (exact) mass is 254 g/mol. The second-order valence-electron chi connectivity index (χ2n) is 6.05. The molecule has 2 fully saturated rings. The fourth-order valence-corrected chi connectivity index (χ4v) is 3.42. The molecule has 2 aliphatic rings. The van der Waals surface area contributed by atoms with Crippen LogP contribution in [0.1, 0.15) is 46.0 Å². The summed E-state index contributed by atoms with van der Waals surface area (Å²) in [6.45, 7) is 10.1. The van der Waals surface area contributed by atoms with Crippen LogP contribution in [0.2, 0.25) is 0 Å². The van der Waals surface area contributed by atoms with E-state index in [1.807, 2.05) is 0 Å². The van der Waals surface area contributed by atoms with Gasteiger partial charge in [-0.05, 0) is 44.6 Å². The number of nitrogens with zero attached hydrogens (tertiary/aromatic N) is 1. The fraction of sp³-hybridized carbons (Fsp3) is 1.00. The molecule has 1 saturated carbocycles. The number of ether oxygens (including phenoxy) is 1. The number of hydrogen-bond acceptors (Lipinski definition) is 3. The van der Waals surface area contributed by atoms with E-state index in [9.17, 15) is 0 Å². The molecule has 106 valence electrons. The van der Waals surface area contributed by atoms with Gasteiger partial charge in [-0.2, -0.15) is 0 Å². The van der Waals surface area contributed by atoms with Crippen molar-refractivity contribution in [2.75, 3.05) is 32.8 Å². The quantitative estimate of drug-likeness (QED) is 0.833. The summed E-state index contributed by atoms with van der Waals surface area (Å²) in [5.74, 6) is 0.888. The Morgan fingerprint density at radius 3 is 2.94 bits per heavy atom. The van der Waals surface area contributed by atoms with Crippen LogP contribution in [0.4, 0.5) is 0 Å². The maximum absolute atomic E-state index is 5.60. The molecule has 1 heterocycles. The summed E-state index contributed by atoms with van der Waals surface area (Å²) in [4.78, 5) is 2.69. The Labute approximate surface area is 112 Å². The maximum atomic E-state index is 5.60. The van der Waals surface area contributed by atoms with Gasteiger partial charge in [0.15, 0.2) is 0 Å². The molecule has 1 saturated heterocycles. The predicted octanol–water partition coefficient (Wildman–Crippen LogP) is 2.27. The van der Waals surface area contributed by atoms with Crippen molar-refractivity contribution in [1.29, 1.82) is 0 Å². The zero-order chi connectivity index (χ0) is 12.8. The summed E-state index contributed by atoms with van der Waals surface area (Å²) in [6.07, 6.45) is 6.54. The smallest absolute Gasteiger partial charge is 0.0593 e. The van der Waals surface area contributed by atoms with E-state index in [-0.39, 0.29) is 0 Å². The van der Waals surface area contributed by atoms with Crippen molar-refractivity contribution in [3.63, 3.8) is 0 Å². The zero-order valence-electron chi connectivity index (χ0n) is 12.2. The molecule has 0 aromatic heterocycles. The summed E-state index contributed by atoms with van der Waals surface area (Å²) in [6, 6.07) is 1.45. The van der Waals surface area contributed by atoms with E-state index < -0.39 is 0 Å². The SMILES string of the molecule is CCCNC1CCC(C)CC1N1CCCOCC1. The van der Waals surface area contributed by atoms with E-state index in [0.29, 0.717) is 6.04 Å². The molecule has 1 N–H and O–H groups in total. The van der Waals surface area contributed by atoms with Crippen molar-refractivity contribution < 1.29 is 4.74 Å². The first-order valence-electron chi connectivity index (χ1n) is 7.86. The molecule has 0 bridgehead atoms. The molecule has 0 radical (unpaired) electrons. The predicted molar refractivity (Wildman–Crippen MR) is 75.9 cm³/mol. The normalized spacial score (nSPS) is 35.3. The minimum atomic E-state index is 0.708. The molecule has 2 rings (SSSR count). The Morgan fingerprint density at radius 1 is 1.22 bits per heavy atom. The Morgan fingerprint density at radius 2 is 2.11 bits per heavy atom. The number of hydrogen-bond donors (Lipinski definition) is 1. The first kappa shape index (κ1) is 14.3. The summed E-state index contributed by atoms with van der Waals surface area (Å²) in [7, 11) is 0. The average molecular weight is 254 g/mol. The third-order valence-electron chi connectivity index (χ3n) is 4.46. The van der Waals surface area contributed by atoms with Crippen LogP contribution in [-0.2, 0) is 4.74 Å². The van der Waals surface area contributed by atoms with Crippen LogP contribution in [0.3, 0.4) is 0 Å². The Hall–Kier alpha value is -0.120. The van der Waals surface area contributed by atoms with Gasteiger partial charge in [-0.25, -0.2) is 0 Å². The van der Waals surface area contributed by atoms with Gasteiger partial charge in [0.25, 0.3) is 0 Å². The number of rotatable bonds is 4. The molecule has 3 nitrogen and oxygen atoms in total. The van der Waals surface area contributed by atoms with E-state index >= 15 is 0 Å². The third-order valence-corrected chi connectivity index (χ3v) is 4.46. The van der Waals surface area contributed by atoms with Gasteiger partial charge < -0.3 is 10.1 Å². The molecule has 0 amide bonds. The Kier molecular flexibility index (Phi) is 5.93. The summed E-state index contributed by atoms with van der Waals surface area (Å²) >= 11 is 0. The summed E-state index contributed by atoms with van der Waals surface area (Å²) in [5.41, 5.74) is 0. The lowest BCUT2D eigenvalue weighted by Crippen LogP contribution is -2.53. The van der Waals surface area contributed by atoms with Crippen LogP contribution in [0.15, 0.2) is 0 Å². The highest BCUT2D eigenvalue weighted by Crippen LogP contribution is 2.28. The lowest BCUT2D eigenvalue weighted by molar-refractivity contribution is 0.0900. The van der Waals surface area contributed by atoms with Crippen molar-refractivity contribution in [2.45, 2.75) is 58.0 Å². The Bertz CT molecular complexity index is 225. The minimum absolute atomic E-state index is 0.708. The van der Waals surface area contributed by atoms with E-state index in [0.717, 1.165) is 31.7 Å². The van der Waals surface area contributed by atoms with Crippen molar-refractivity contribution in [3.8, 4) is 0 Å². The van der Waals surface area contributed by atoms with E-state index in [4.69, 9.17) is 4.74 Å². The zero-order valence-corrected chi connectivity index (χ0v) is 12.2. The van der Waals surface area contributed by atoms with Crippen LogP contribution in [0.25, 0.3) is 0 Å². The van der Waals surface area contributed by atoms with Crippen molar-refractivity contribution in [1.82, 2.24) is 10.2 Å². The molecule has 3 unspecified atom stereocenters. The lowest BCUT2D eigenvalue weighted by atomic mass is 9.82. The maximum Gasteiger partial charge on any atom is 0.0593 e. The van der Waals surface area contributed by atoms with Crippen LogP contribution in [-0.4, -0.2) is 49.8 Å². The summed E-state index contributed by atoms with van der Waals surface area (Å²) < 4.78 is 5.60. The van der Waals surface area contributed by atoms with E-state index in [1.54, 1.807) is 0 Å². The van der Waals surface area contributed by atoms with Crippen LogP contribution in [0, 0.1) is 5.92 Å². The van der Waals surface area contributed by atoms with Gasteiger partial charge in [0.1, 0.15) is 0 Å². The molecule has 1 aliphatic heterocycles. The highest BCUT2D eigenvalue weighted by Gasteiger charge is 2.32. The van der Waals surface area contributed by atoms with Crippen LogP contribution >= 0.6 is 0 Å². The minimum Gasteiger partial charge on any atom is -0.380 e. The molecule has 0 aromatic carbocycles. The highest BCUT2D eigenvalue weighted by atomic mass is 16.5. The first-order chi connectivity index (χ1) is 8.81. The van der Waals surface area contributed by atoms with Gasteiger partial charge in [0.2, 0.25) is 0 Å². The number of nitrogens with one attached hydrogen (secondary N) is 1. The molecule has 3 atom stereocenters. The lowest BCUT2D eigenvalue weighted by Gasteiger charge is -2.42. The standard InChI is InChI=1S/C15H30N2O/c1-3-7-16-14-6-5-13(2)12-15(14)17-8-4-10-18-11-9-17/h13-16H,3-12H2,1-2H3. The van der Waals surface area contributed by atoms with Gasteiger partial charge in [-0.1, -0.05) is 13.8 Å². The van der Waals surface area contributed by atoms with Crippen molar-refractivity contribution in [3.05, 3.63) is 0 Å². The third kappa shape index (κ3) is 3.94. The fourth-order valence-electron chi connectivity index (χ4n) is 3.42. The van der Waals surface area contributed by atoms with Crippen molar-refractivity contribution >= 4 is 0 Å². The average Bonchev–Trinajstić information content (AvgIpc) is 2.66. The van der Waals surface area contributed by atoms with Crippen LogP contribution in [0.5, 0.6) is 0 Å². The van der Waals surface area contributed by atoms with Gasteiger partial charge in [-0.15, -0.1) is 0 Å². The van der Waals surface area contributed by atoms with Crippen LogP contribution < -0.4 is 5.32 Å². The molecule has 1 aliphatic carbocycles. The second-order valence-corrected chi connectivity index (χ2v) is 6.05. The van der Waals surface area contributed by atoms with Gasteiger partial charge in [0, 0.05) is 31.8 Å². The van der Waals surface area contributed by atoms with E-state index in [2.05, 4.69) is 24.1 Å². The second kappa shape index (κ2) is 7.46. The largest absolute Gasteiger partial charge is 0.380 e. The molecule has 18 heavy (non-hydrogen) atoms.